The number of hydrogen-bond acceptors (Lipinski definition) is 4. The van der Waals surface area contributed by atoms with Gasteiger partial charge in [0.05, 0.1) is 23.4 Å². The van der Waals surface area contributed by atoms with E-state index in [0.717, 1.165) is 24.9 Å². The molecule has 1 aromatic heterocycles. The second kappa shape index (κ2) is 7.94. The number of nitrogens with one attached hydrogen (secondary N) is 2. The standard InChI is InChI=1S/C18H23N5O2/c19-17(24)14-7-4-9-23(12-14)10-8-20-18(25)15-11-21-22-16(15)13-5-2-1-3-6-13/h1-3,5-6,11,14H,4,7-10,12H2,(H2,19,24)(H,20,25)(H,21,22). The van der Waals surface area contributed by atoms with Crippen molar-refractivity contribution in [2.75, 3.05) is 26.2 Å². The largest absolute Gasteiger partial charge is 0.369 e. The predicted molar refractivity (Wildman–Crippen MR) is 94.7 cm³/mol. The van der Waals surface area contributed by atoms with Gasteiger partial charge in [0.15, 0.2) is 0 Å². The Labute approximate surface area is 146 Å². The monoisotopic (exact) mass is 341 g/mol. The summed E-state index contributed by atoms with van der Waals surface area (Å²) < 4.78 is 0. The van der Waals surface area contributed by atoms with Gasteiger partial charge in [-0.25, -0.2) is 0 Å². The highest BCUT2D eigenvalue weighted by atomic mass is 16.2. The Balaban J connectivity index is 1.54. The number of nitrogens with two attached hydrogens (primary N) is 1. The average molecular weight is 341 g/mol. The molecule has 1 aliphatic rings. The van der Waals surface area contributed by atoms with E-state index in [-0.39, 0.29) is 17.7 Å². The molecule has 4 N–H and O–H groups in total. The molecule has 2 heterocycles. The van der Waals surface area contributed by atoms with E-state index in [1.807, 2.05) is 30.3 Å². The minimum atomic E-state index is -0.236. The number of carbonyl (C=O) groups excluding carboxylic acids is 2. The smallest absolute Gasteiger partial charge is 0.255 e. The van der Waals surface area contributed by atoms with Crippen molar-refractivity contribution in [3.05, 3.63) is 42.1 Å². The number of aromatic amines is 1. The highest BCUT2D eigenvalue weighted by Crippen LogP contribution is 2.20. The molecule has 1 unspecified atom stereocenters. The Kier molecular flexibility index (Phi) is 5.45. The van der Waals surface area contributed by atoms with Gasteiger partial charge in [-0.2, -0.15) is 5.10 Å². The molecule has 1 atom stereocenters. The molecule has 132 valence electrons. The molecule has 2 amide bonds. The number of rotatable bonds is 6. The maximum atomic E-state index is 12.5. The maximum absolute atomic E-state index is 12.5. The van der Waals surface area contributed by atoms with Gasteiger partial charge in [-0.1, -0.05) is 30.3 Å². The maximum Gasteiger partial charge on any atom is 0.255 e. The molecule has 0 bridgehead atoms. The molecule has 25 heavy (non-hydrogen) atoms. The topological polar surface area (TPSA) is 104 Å². The van der Waals surface area contributed by atoms with E-state index >= 15 is 0 Å². The molecule has 1 saturated heterocycles. The van der Waals surface area contributed by atoms with Crippen LogP contribution in [0.15, 0.2) is 36.5 Å². The van der Waals surface area contributed by atoms with Crippen LogP contribution in [0, 0.1) is 5.92 Å². The first-order chi connectivity index (χ1) is 12.1. The lowest BCUT2D eigenvalue weighted by Crippen LogP contribution is -2.44. The highest BCUT2D eigenvalue weighted by molar-refractivity contribution is 5.99. The summed E-state index contributed by atoms with van der Waals surface area (Å²) in [5, 5.41) is 9.82. The van der Waals surface area contributed by atoms with Crippen LogP contribution < -0.4 is 11.1 Å². The summed E-state index contributed by atoms with van der Waals surface area (Å²) in [7, 11) is 0. The fraction of sp³-hybridized carbons (Fsp3) is 0.389. The number of primary amides is 1. The number of aromatic nitrogens is 2. The van der Waals surface area contributed by atoms with Crippen molar-refractivity contribution >= 4 is 11.8 Å². The molecule has 1 fully saturated rings. The lowest BCUT2D eigenvalue weighted by atomic mass is 9.97. The van der Waals surface area contributed by atoms with Crippen LogP contribution in [0.5, 0.6) is 0 Å². The van der Waals surface area contributed by atoms with Crippen molar-refractivity contribution < 1.29 is 9.59 Å². The SMILES string of the molecule is NC(=O)C1CCCN(CCNC(=O)c2cn[nH]c2-c2ccccc2)C1. The third kappa shape index (κ3) is 4.24. The second-order valence-electron chi connectivity index (χ2n) is 6.32. The number of piperidine rings is 1. The number of nitrogens with zero attached hydrogens (tertiary/aromatic N) is 2. The molecule has 3 rings (SSSR count). The van der Waals surface area contributed by atoms with E-state index in [0.29, 0.717) is 30.9 Å². The van der Waals surface area contributed by atoms with Crippen LogP contribution in [0.3, 0.4) is 0 Å². The number of carbonyl (C=O) groups is 2. The van der Waals surface area contributed by atoms with Crippen molar-refractivity contribution in [2.24, 2.45) is 11.7 Å². The average Bonchev–Trinajstić information content (AvgIpc) is 3.12. The zero-order valence-electron chi connectivity index (χ0n) is 14.1. The molecule has 1 aromatic carbocycles. The van der Waals surface area contributed by atoms with Crippen molar-refractivity contribution in [1.82, 2.24) is 20.4 Å². The fourth-order valence-electron chi connectivity index (χ4n) is 3.20. The summed E-state index contributed by atoms with van der Waals surface area (Å²) in [5.74, 6) is -0.473. The first-order valence-corrected chi connectivity index (χ1v) is 8.54. The molecule has 7 nitrogen and oxygen atoms in total. The fourth-order valence-corrected chi connectivity index (χ4v) is 3.20. The van der Waals surface area contributed by atoms with Gasteiger partial charge in [0, 0.05) is 25.2 Å². The zero-order valence-corrected chi connectivity index (χ0v) is 14.1. The minimum absolute atomic E-state index is 0.0805. The molecule has 2 aromatic rings. The van der Waals surface area contributed by atoms with E-state index < -0.39 is 0 Å². The Morgan fingerprint density at radius 3 is 2.88 bits per heavy atom. The van der Waals surface area contributed by atoms with Crippen molar-refractivity contribution in [2.45, 2.75) is 12.8 Å². The van der Waals surface area contributed by atoms with E-state index in [9.17, 15) is 9.59 Å². The predicted octanol–water partition coefficient (Wildman–Crippen LogP) is 1.00. The summed E-state index contributed by atoms with van der Waals surface area (Å²) in [4.78, 5) is 25.9. The van der Waals surface area contributed by atoms with Crippen LogP contribution in [-0.4, -0.2) is 53.1 Å². The summed E-state index contributed by atoms with van der Waals surface area (Å²) in [6.07, 6.45) is 3.36. The van der Waals surface area contributed by atoms with Crippen LogP contribution in [0.4, 0.5) is 0 Å². The Hall–Kier alpha value is -2.67. The second-order valence-corrected chi connectivity index (χ2v) is 6.32. The number of H-pyrrole nitrogens is 1. The first-order valence-electron chi connectivity index (χ1n) is 8.54. The van der Waals surface area contributed by atoms with Gasteiger partial charge in [0.25, 0.3) is 5.91 Å². The summed E-state index contributed by atoms with van der Waals surface area (Å²) in [6, 6.07) is 9.63. The van der Waals surface area contributed by atoms with Gasteiger partial charge in [-0.15, -0.1) is 0 Å². The van der Waals surface area contributed by atoms with Crippen LogP contribution in [-0.2, 0) is 4.79 Å². The Morgan fingerprint density at radius 2 is 2.12 bits per heavy atom. The summed E-state index contributed by atoms with van der Waals surface area (Å²) in [5.41, 5.74) is 7.56. The van der Waals surface area contributed by atoms with Crippen LogP contribution in [0.2, 0.25) is 0 Å². The minimum Gasteiger partial charge on any atom is -0.369 e. The first kappa shape index (κ1) is 17.2. The zero-order chi connectivity index (χ0) is 17.6. The van der Waals surface area contributed by atoms with E-state index in [4.69, 9.17) is 5.73 Å². The van der Waals surface area contributed by atoms with E-state index in [1.165, 1.54) is 0 Å². The van der Waals surface area contributed by atoms with Crippen molar-refractivity contribution in [1.29, 1.82) is 0 Å². The number of amides is 2. The van der Waals surface area contributed by atoms with Crippen LogP contribution >= 0.6 is 0 Å². The van der Waals surface area contributed by atoms with E-state index in [1.54, 1.807) is 6.20 Å². The number of benzene rings is 1. The summed E-state index contributed by atoms with van der Waals surface area (Å²) >= 11 is 0. The van der Waals surface area contributed by atoms with E-state index in [2.05, 4.69) is 20.4 Å². The molecule has 1 aliphatic heterocycles. The van der Waals surface area contributed by atoms with Gasteiger partial charge in [-0.3, -0.25) is 14.7 Å². The molecule has 7 heteroatoms. The summed E-state index contributed by atoms with van der Waals surface area (Å²) in [6.45, 7) is 2.82. The van der Waals surface area contributed by atoms with Gasteiger partial charge < -0.3 is 16.0 Å². The quantitative estimate of drug-likeness (QED) is 0.729. The van der Waals surface area contributed by atoms with Gasteiger partial charge in [0.1, 0.15) is 0 Å². The molecule has 0 aliphatic carbocycles. The normalized spacial score (nSPS) is 18.0. The van der Waals surface area contributed by atoms with Crippen molar-refractivity contribution in [3.8, 4) is 11.3 Å². The number of hydrogen-bond donors (Lipinski definition) is 3. The molecule has 0 spiro atoms. The molecule has 0 radical (unpaired) electrons. The van der Waals surface area contributed by atoms with Gasteiger partial charge in [0.2, 0.25) is 5.91 Å². The molecular formula is C18H23N5O2. The molecular weight excluding hydrogens is 318 g/mol. The third-order valence-electron chi connectivity index (χ3n) is 4.57. The van der Waals surface area contributed by atoms with Crippen LogP contribution in [0.1, 0.15) is 23.2 Å². The van der Waals surface area contributed by atoms with Crippen LogP contribution in [0.25, 0.3) is 11.3 Å². The van der Waals surface area contributed by atoms with Crippen molar-refractivity contribution in [3.63, 3.8) is 0 Å². The third-order valence-corrected chi connectivity index (χ3v) is 4.57. The Morgan fingerprint density at radius 1 is 1.32 bits per heavy atom. The lowest BCUT2D eigenvalue weighted by Gasteiger charge is -2.31. The van der Waals surface area contributed by atoms with Gasteiger partial charge >= 0.3 is 0 Å². The van der Waals surface area contributed by atoms with Gasteiger partial charge in [-0.05, 0) is 19.4 Å². The number of likely N-dealkylation sites (tertiary alicyclic amines) is 1. The lowest BCUT2D eigenvalue weighted by molar-refractivity contribution is -0.123. The molecule has 0 saturated carbocycles. The Bertz CT molecular complexity index is 728. The highest BCUT2D eigenvalue weighted by Gasteiger charge is 2.23.